The van der Waals surface area contributed by atoms with Crippen LogP contribution in [-0.2, 0) is 7.05 Å². The van der Waals surface area contributed by atoms with Gasteiger partial charge in [-0.2, -0.15) is 5.10 Å². The van der Waals surface area contributed by atoms with Crippen molar-refractivity contribution in [2.75, 3.05) is 14.2 Å². The number of ether oxygens (including phenoxy) is 2. The summed E-state index contributed by atoms with van der Waals surface area (Å²) >= 11 is 0. The maximum absolute atomic E-state index is 12.1. The lowest BCUT2D eigenvalue weighted by Gasteiger charge is -2.09. The molecule has 1 aromatic carbocycles. The van der Waals surface area contributed by atoms with Gasteiger partial charge in [0.15, 0.2) is 5.75 Å². The van der Waals surface area contributed by atoms with Crippen LogP contribution in [0.2, 0.25) is 0 Å². The molecule has 1 heterocycles. The van der Waals surface area contributed by atoms with E-state index in [9.17, 15) is 4.79 Å². The molecule has 0 fully saturated rings. The summed E-state index contributed by atoms with van der Waals surface area (Å²) < 4.78 is 11.6. The molecule has 0 N–H and O–H groups in total. The zero-order valence-corrected chi connectivity index (χ0v) is 10.5. The molecule has 0 aliphatic carbocycles. The normalized spacial score (nSPS) is 10.2. The summed E-state index contributed by atoms with van der Waals surface area (Å²) in [7, 11) is 4.70. The lowest BCUT2D eigenvalue weighted by molar-refractivity contribution is 0.409. The van der Waals surface area contributed by atoms with Gasteiger partial charge < -0.3 is 9.47 Å². The lowest BCUT2D eigenvalue weighted by Crippen LogP contribution is -2.21. The fraction of sp³-hybridized carbons (Fsp3) is 0.231. The van der Waals surface area contributed by atoms with Crippen LogP contribution in [0.5, 0.6) is 11.5 Å². The van der Waals surface area contributed by atoms with Crippen molar-refractivity contribution in [1.29, 1.82) is 0 Å². The van der Waals surface area contributed by atoms with Crippen LogP contribution < -0.4 is 15.0 Å². The fourth-order valence-corrected chi connectivity index (χ4v) is 1.72. The average molecular weight is 246 g/mol. The molecule has 5 heteroatoms. The summed E-state index contributed by atoms with van der Waals surface area (Å²) in [6, 6.07) is 7.27. The largest absolute Gasteiger partial charge is 0.497 e. The summed E-state index contributed by atoms with van der Waals surface area (Å²) in [6.07, 6.45) is 1.52. The van der Waals surface area contributed by atoms with Gasteiger partial charge in [-0.1, -0.05) is 12.1 Å². The second-order valence-corrected chi connectivity index (χ2v) is 3.75. The Labute approximate surface area is 105 Å². The first-order valence-electron chi connectivity index (χ1n) is 5.42. The Bertz CT molecular complexity index is 620. The van der Waals surface area contributed by atoms with E-state index in [4.69, 9.17) is 9.47 Å². The maximum atomic E-state index is 12.1. The van der Waals surface area contributed by atoms with Crippen LogP contribution in [0.1, 0.15) is 0 Å². The van der Waals surface area contributed by atoms with E-state index in [0.29, 0.717) is 17.1 Å². The van der Waals surface area contributed by atoms with Gasteiger partial charge in [0, 0.05) is 7.05 Å². The highest BCUT2D eigenvalue weighted by Gasteiger charge is 2.13. The number of aromatic nitrogens is 2. The highest BCUT2D eigenvalue weighted by Crippen LogP contribution is 2.27. The molecule has 2 aromatic rings. The van der Waals surface area contributed by atoms with Crippen molar-refractivity contribution in [3.63, 3.8) is 0 Å². The van der Waals surface area contributed by atoms with Gasteiger partial charge in [0.2, 0.25) is 0 Å². The van der Waals surface area contributed by atoms with E-state index in [-0.39, 0.29) is 5.56 Å². The number of methoxy groups -OCH3 is 2. The predicted octanol–water partition coefficient (Wildman–Crippen LogP) is 1.46. The minimum absolute atomic E-state index is 0.206. The van der Waals surface area contributed by atoms with Crippen molar-refractivity contribution in [3.8, 4) is 22.6 Å². The van der Waals surface area contributed by atoms with E-state index >= 15 is 0 Å². The molecule has 0 spiro atoms. The Morgan fingerprint density at radius 2 is 2.00 bits per heavy atom. The molecule has 0 saturated heterocycles. The first-order valence-corrected chi connectivity index (χ1v) is 5.42. The number of aryl methyl sites for hydroxylation is 1. The van der Waals surface area contributed by atoms with Crippen LogP contribution in [0.15, 0.2) is 35.3 Å². The summed E-state index contributed by atoms with van der Waals surface area (Å²) in [5.41, 5.74) is 1.02. The molecular weight excluding hydrogens is 232 g/mol. The van der Waals surface area contributed by atoms with E-state index in [1.165, 1.54) is 18.0 Å². The van der Waals surface area contributed by atoms with Crippen molar-refractivity contribution >= 4 is 0 Å². The van der Waals surface area contributed by atoms with Crippen molar-refractivity contribution in [2.24, 2.45) is 7.05 Å². The monoisotopic (exact) mass is 246 g/mol. The van der Waals surface area contributed by atoms with Gasteiger partial charge in [-0.15, -0.1) is 0 Å². The number of hydrogen-bond donors (Lipinski definition) is 0. The highest BCUT2D eigenvalue weighted by molar-refractivity contribution is 5.70. The Balaban J connectivity index is 2.69. The molecule has 0 aliphatic rings. The Morgan fingerprint density at radius 3 is 2.67 bits per heavy atom. The number of hydrogen-bond acceptors (Lipinski definition) is 4. The van der Waals surface area contributed by atoms with Crippen LogP contribution >= 0.6 is 0 Å². The topological polar surface area (TPSA) is 53.4 Å². The standard InChI is InChI=1S/C13H14N2O3/c1-15-13(16)12(11(18-3)8-14-15)9-5-4-6-10(7-9)17-2/h4-8H,1-3H3. The van der Waals surface area contributed by atoms with Crippen LogP contribution in [-0.4, -0.2) is 24.0 Å². The smallest absolute Gasteiger partial charge is 0.278 e. The molecule has 0 unspecified atom stereocenters. The van der Waals surface area contributed by atoms with Gasteiger partial charge in [0.25, 0.3) is 5.56 Å². The average Bonchev–Trinajstić information content (AvgIpc) is 2.41. The molecule has 94 valence electrons. The molecule has 0 aliphatic heterocycles. The van der Waals surface area contributed by atoms with Crippen molar-refractivity contribution < 1.29 is 9.47 Å². The van der Waals surface area contributed by atoms with E-state index in [0.717, 1.165) is 5.56 Å². The SMILES string of the molecule is COc1cccc(-c2c(OC)cnn(C)c2=O)c1. The van der Waals surface area contributed by atoms with E-state index < -0.39 is 0 Å². The summed E-state index contributed by atoms with van der Waals surface area (Å²) in [5, 5.41) is 3.93. The zero-order chi connectivity index (χ0) is 13.1. The van der Waals surface area contributed by atoms with Gasteiger partial charge in [-0.05, 0) is 17.7 Å². The molecule has 0 atom stereocenters. The fourth-order valence-electron chi connectivity index (χ4n) is 1.72. The van der Waals surface area contributed by atoms with Crippen molar-refractivity contribution in [1.82, 2.24) is 9.78 Å². The number of benzene rings is 1. The van der Waals surface area contributed by atoms with Gasteiger partial charge >= 0.3 is 0 Å². The first kappa shape index (κ1) is 12.2. The summed E-state index contributed by atoms with van der Waals surface area (Å²) in [5.74, 6) is 1.14. The van der Waals surface area contributed by atoms with Gasteiger partial charge in [-0.25, -0.2) is 4.68 Å². The maximum Gasteiger partial charge on any atom is 0.278 e. The van der Waals surface area contributed by atoms with E-state index in [2.05, 4.69) is 5.10 Å². The van der Waals surface area contributed by atoms with Crippen LogP contribution in [0.4, 0.5) is 0 Å². The minimum Gasteiger partial charge on any atom is -0.497 e. The quantitative estimate of drug-likeness (QED) is 0.822. The summed E-state index contributed by atoms with van der Waals surface area (Å²) in [6.45, 7) is 0. The molecule has 0 amide bonds. The van der Waals surface area contributed by atoms with Crippen LogP contribution in [0, 0.1) is 0 Å². The third kappa shape index (κ3) is 2.07. The number of nitrogens with zero attached hydrogens (tertiary/aromatic N) is 2. The van der Waals surface area contributed by atoms with Crippen molar-refractivity contribution in [2.45, 2.75) is 0 Å². The minimum atomic E-state index is -0.206. The Morgan fingerprint density at radius 1 is 1.22 bits per heavy atom. The second-order valence-electron chi connectivity index (χ2n) is 3.75. The van der Waals surface area contributed by atoms with Gasteiger partial charge in [0.05, 0.1) is 26.0 Å². The highest BCUT2D eigenvalue weighted by atomic mass is 16.5. The molecule has 18 heavy (non-hydrogen) atoms. The zero-order valence-electron chi connectivity index (χ0n) is 10.5. The first-order chi connectivity index (χ1) is 8.67. The Kier molecular flexibility index (Phi) is 3.32. The lowest BCUT2D eigenvalue weighted by atomic mass is 10.1. The molecule has 2 rings (SSSR count). The molecule has 1 aromatic heterocycles. The van der Waals surface area contributed by atoms with Gasteiger partial charge in [-0.3, -0.25) is 4.79 Å². The predicted molar refractivity (Wildman–Crippen MR) is 68.0 cm³/mol. The van der Waals surface area contributed by atoms with Crippen molar-refractivity contribution in [3.05, 3.63) is 40.8 Å². The molecule has 0 radical (unpaired) electrons. The van der Waals surface area contributed by atoms with Gasteiger partial charge in [0.1, 0.15) is 5.75 Å². The van der Waals surface area contributed by atoms with Crippen LogP contribution in [0.25, 0.3) is 11.1 Å². The second kappa shape index (κ2) is 4.91. The molecule has 0 bridgehead atoms. The summed E-state index contributed by atoms with van der Waals surface area (Å²) in [4.78, 5) is 12.1. The third-order valence-electron chi connectivity index (χ3n) is 2.68. The molecule has 5 nitrogen and oxygen atoms in total. The molecular formula is C13H14N2O3. The third-order valence-corrected chi connectivity index (χ3v) is 2.68. The van der Waals surface area contributed by atoms with E-state index in [1.54, 1.807) is 20.2 Å². The molecule has 0 saturated carbocycles. The van der Waals surface area contributed by atoms with Crippen LogP contribution in [0.3, 0.4) is 0 Å². The van der Waals surface area contributed by atoms with E-state index in [1.807, 2.05) is 18.2 Å². The Hall–Kier alpha value is -2.30. The number of rotatable bonds is 3.